The molecule has 0 bridgehead atoms. The molecule has 2 atom stereocenters. The van der Waals surface area contributed by atoms with Crippen molar-refractivity contribution in [3.05, 3.63) is 24.3 Å². The molecule has 0 aliphatic carbocycles. The van der Waals surface area contributed by atoms with Gasteiger partial charge >= 0.3 is 0 Å². The third kappa shape index (κ3) is 4.73. The van der Waals surface area contributed by atoms with E-state index < -0.39 is 0 Å². The molecule has 2 heterocycles. The molecule has 154 valence electrons. The van der Waals surface area contributed by atoms with Crippen molar-refractivity contribution in [3.8, 4) is 0 Å². The van der Waals surface area contributed by atoms with Crippen LogP contribution in [0.1, 0.15) is 40.0 Å². The van der Waals surface area contributed by atoms with Gasteiger partial charge in [0.1, 0.15) is 0 Å². The van der Waals surface area contributed by atoms with Crippen LogP contribution in [0.4, 0.5) is 11.4 Å². The summed E-state index contributed by atoms with van der Waals surface area (Å²) < 4.78 is 0. The van der Waals surface area contributed by atoms with Gasteiger partial charge in [0.05, 0.1) is 23.8 Å². The first kappa shape index (κ1) is 20.8. The van der Waals surface area contributed by atoms with E-state index in [2.05, 4.69) is 29.0 Å². The molecular formula is C22H34N4O2. The standard InChI is InChI=1S/C22H34N4O2/c1-4-24(5-2)15-18-10-8-9-13-25(18)16-21(27)26-14-17(3)22(28)23-19-11-6-7-12-20(19)26/h6-7,11-12,17-18H,4-5,8-10,13-16H2,1-3H3,(H,23,28). The highest BCUT2D eigenvalue weighted by molar-refractivity contribution is 6.05. The van der Waals surface area contributed by atoms with Crippen molar-refractivity contribution in [2.45, 2.75) is 46.1 Å². The summed E-state index contributed by atoms with van der Waals surface area (Å²) in [6.45, 7) is 11.2. The fourth-order valence-electron chi connectivity index (χ4n) is 4.28. The largest absolute Gasteiger partial charge is 0.324 e. The molecule has 0 saturated carbocycles. The summed E-state index contributed by atoms with van der Waals surface area (Å²) in [5.74, 6) is -0.174. The average molecular weight is 387 g/mol. The lowest BCUT2D eigenvalue weighted by Gasteiger charge is -2.39. The quantitative estimate of drug-likeness (QED) is 0.817. The predicted octanol–water partition coefficient (Wildman–Crippen LogP) is 2.80. The molecule has 3 rings (SSSR count). The summed E-state index contributed by atoms with van der Waals surface area (Å²) in [5, 5.41) is 2.96. The van der Waals surface area contributed by atoms with Gasteiger partial charge in [-0.05, 0) is 44.6 Å². The van der Waals surface area contributed by atoms with Crippen LogP contribution >= 0.6 is 0 Å². The lowest BCUT2D eigenvalue weighted by Crippen LogP contribution is -2.51. The number of benzene rings is 1. The van der Waals surface area contributed by atoms with E-state index in [-0.39, 0.29) is 17.7 Å². The van der Waals surface area contributed by atoms with Crippen molar-refractivity contribution < 1.29 is 9.59 Å². The van der Waals surface area contributed by atoms with Crippen LogP contribution in [0.2, 0.25) is 0 Å². The smallest absolute Gasteiger partial charge is 0.241 e. The Labute approximate surface area is 168 Å². The molecule has 28 heavy (non-hydrogen) atoms. The monoisotopic (exact) mass is 386 g/mol. The fourth-order valence-corrected chi connectivity index (χ4v) is 4.28. The molecule has 2 unspecified atom stereocenters. The Kier molecular flexibility index (Phi) is 7.08. The Hall–Kier alpha value is -1.92. The minimum absolute atomic E-state index is 0.0277. The first-order valence-electron chi connectivity index (χ1n) is 10.7. The Morgan fingerprint density at radius 1 is 1.21 bits per heavy atom. The molecule has 1 fully saturated rings. The molecule has 0 radical (unpaired) electrons. The zero-order chi connectivity index (χ0) is 20.1. The molecule has 2 aliphatic heterocycles. The number of hydrogen-bond donors (Lipinski definition) is 1. The van der Waals surface area contributed by atoms with E-state index in [0.717, 1.165) is 50.4 Å². The molecule has 0 aromatic heterocycles. The van der Waals surface area contributed by atoms with Gasteiger partial charge in [-0.2, -0.15) is 0 Å². The molecule has 2 aliphatic rings. The van der Waals surface area contributed by atoms with Crippen molar-refractivity contribution in [2.75, 3.05) is 49.5 Å². The van der Waals surface area contributed by atoms with Crippen LogP contribution in [-0.4, -0.2) is 66.9 Å². The topological polar surface area (TPSA) is 55.9 Å². The highest BCUT2D eigenvalue weighted by Gasteiger charge is 2.31. The van der Waals surface area contributed by atoms with Gasteiger partial charge in [0.15, 0.2) is 0 Å². The fraction of sp³-hybridized carbons (Fsp3) is 0.636. The maximum Gasteiger partial charge on any atom is 0.241 e. The second-order valence-electron chi connectivity index (χ2n) is 8.02. The van der Waals surface area contributed by atoms with Crippen molar-refractivity contribution in [1.82, 2.24) is 9.80 Å². The minimum atomic E-state index is -0.232. The first-order valence-corrected chi connectivity index (χ1v) is 10.7. The summed E-state index contributed by atoms with van der Waals surface area (Å²) in [6.07, 6.45) is 3.53. The predicted molar refractivity (Wildman–Crippen MR) is 114 cm³/mol. The molecule has 6 heteroatoms. The summed E-state index contributed by atoms with van der Waals surface area (Å²) in [6, 6.07) is 8.04. The van der Waals surface area contributed by atoms with E-state index in [1.165, 1.54) is 6.42 Å². The number of amides is 2. The molecule has 1 N–H and O–H groups in total. The minimum Gasteiger partial charge on any atom is -0.324 e. The number of likely N-dealkylation sites (tertiary alicyclic amines) is 1. The Bertz CT molecular complexity index is 689. The van der Waals surface area contributed by atoms with E-state index in [0.29, 0.717) is 19.1 Å². The number of nitrogens with zero attached hydrogens (tertiary/aromatic N) is 3. The first-order chi connectivity index (χ1) is 13.5. The number of nitrogens with one attached hydrogen (secondary N) is 1. The number of carbonyl (C=O) groups excluding carboxylic acids is 2. The number of carbonyl (C=O) groups is 2. The van der Waals surface area contributed by atoms with Crippen LogP contribution in [0.5, 0.6) is 0 Å². The van der Waals surface area contributed by atoms with Crippen LogP contribution in [0.25, 0.3) is 0 Å². The van der Waals surface area contributed by atoms with Crippen LogP contribution in [0, 0.1) is 5.92 Å². The van der Waals surface area contributed by atoms with E-state index in [9.17, 15) is 9.59 Å². The van der Waals surface area contributed by atoms with Gasteiger partial charge in [-0.25, -0.2) is 0 Å². The van der Waals surface area contributed by atoms with Gasteiger partial charge in [0.25, 0.3) is 0 Å². The highest BCUT2D eigenvalue weighted by atomic mass is 16.2. The van der Waals surface area contributed by atoms with Gasteiger partial charge in [0.2, 0.25) is 11.8 Å². The molecule has 1 saturated heterocycles. The van der Waals surface area contributed by atoms with Gasteiger partial charge < -0.3 is 15.1 Å². The van der Waals surface area contributed by atoms with Crippen LogP contribution < -0.4 is 10.2 Å². The summed E-state index contributed by atoms with van der Waals surface area (Å²) in [5.41, 5.74) is 1.53. The number of piperidine rings is 1. The maximum absolute atomic E-state index is 13.3. The Morgan fingerprint density at radius 2 is 1.96 bits per heavy atom. The van der Waals surface area contributed by atoms with Crippen molar-refractivity contribution in [3.63, 3.8) is 0 Å². The summed E-state index contributed by atoms with van der Waals surface area (Å²) in [4.78, 5) is 32.3. The summed E-state index contributed by atoms with van der Waals surface area (Å²) >= 11 is 0. The van der Waals surface area contributed by atoms with E-state index in [1.807, 2.05) is 31.2 Å². The van der Waals surface area contributed by atoms with Crippen LogP contribution in [0.15, 0.2) is 24.3 Å². The lowest BCUT2D eigenvalue weighted by atomic mass is 10.0. The zero-order valence-corrected chi connectivity index (χ0v) is 17.5. The average Bonchev–Trinajstić information content (AvgIpc) is 2.83. The highest BCUT2D eigenvalue weighted by Crippen LogP contribution is 2.30. The third-order valence-corrected chi connectivity index (χ3v) is 6.11. The number of anilines is 2. The van der Waals surface area contributed by atoms with Gasteiger partial charge in [-0.1, -0.05) is 39.3 Å². The molecule has 6 nitrogen and oxygen atoms in total. The second-order valence-corrected chi connectivity index (χ2v) is 8.02. The van der Waals surface area contributed by atoms with Crippen LogP contribution in [0.3, 0.4) is 0 Å². The zero-order valence-electron chi connectivity index (χ0n) is 17.5. The van der Waals surface area contributed by atoms with Crippen LogP contribution in [-0.2, 0) is 9.59 Å². The lowest BCUT2D eigenvalue weighted by molar-refractivity contribution is -0.121. The Morgan fingerprint density at radius 3 is 2.71 bits per heavy atom. The second kappa shape index (κ2) is 9.52. The van der Waals surface area contributed by atoms with Crippen molar-refractivity contribution in [1.29, 1.82) is 0 Å². The molecular weight excluding hydrogens is 352 g/mol. The molecule has 1 aromatic rings. The van der Waals surface area contributed by atoms with Gasteiger partial charge in [-0.15, -0.1) is 0 Å². The molecule has 0 spiro atoms. The summed E-state index contributed by atoms with van der Waals surface area (Å²) in [7, 11) is 0. The number of fused-ring (bicyclic) bond motifs is 1. The normalized spacial score (nSPS) is 23.3. The maximum atomic E-state index is 13.3. The Balaban J connectivity index is 1.76. The number of para-hydroxylation sites is 2. The third-order valence-electron chi connectivity index (χ3n) is 6.11. The van der Waals surface area contributed by atoms with E-state index in [1.54, 1.807) is 4.90 Å². The van der Waals surface area contributed by atoms with Crippen molar-refractivity contribution in [2.24, 2.45) is 5.92 Å². The van der Waals surface area contributed by atoms with Gasteiger partial charge in [0, 0.05) is 19.1 Å². The van der Waals surface area contributed by atoms with E-state index in [4.69, 9.17) is 0 Å². The van der Waals surface area contributed by atoms with Gasteiger partial charge in [-0.3, -0.25) is 14.5 Å². The SMILES string of the molecule is CCN(CC)CC1CCCCN1CC(=O)N1CC(C)C(=O)Nc2ccccc21. The number of hydrogen-bond acceptors (Lipinski definition) is 4. The van der Waals surface area contributed by atoms with E-state index >= 15 is 0 Å². The molecule has 1 aromatic carbocycles. The number of rotatable bonds is 6. The van der Waals surface area contributed by atoms with Crippen molar-refractivity contribution >= 4 is 23.2 Å². The molecule has 2 amide bonds. The number of likely N-dealkylation sites (N-methyl/N-ethyl adjacent to an activating group) is 1.